The van der Waals surface area contributed by atoms with Crippen LogP contribution in [0.5, 0.6) is 0 Å². The smallest absolute Gasteiger partial charge is 0.410 e. The van der Waals surface area contributed by atoms with Gasteiger partial charge in [0.1, 0.15) is 23.3 Å². The van der Waals surface area contributed by atoms with Gasteiger partial charge in [0.2, 0.25) is 11.8 Å². The average Bonchev–Trinajstić information content (AvgIpc) is 3.57. The van der Waals surface area contributed by atoms with Crippen LogP contribution in [0.1, 0.15) is 46.5 Å². The maximum absolute atomic E-state index is 13.0. The fourth-order valence-electron chi connectivity index (χ4n) is 5.25. The Morgan fingerprint density at radius 1 is 0.875 bits per heavy atom. The molecule has 10 nitrogen and oxygen atoms in total. The van der Waals surface area contributed by atoms with Crippen molar-refractivity contribution >= 4 is 40.4 Å². The minimum atomic E-state index is -0.625. The number of pyridine rings is 2. The van der Waals surface area contributed by atoms with Gasteiger partial charge in [0, 0.05) is 23.7 Å². The van der Waals surface area contributed by atoms with E-state index >= 15 is 0 Å². The Hall–Kier alpha value is -4.05. The molecule has 5 rings (SSSR count). The van der Waals surface area contributed by atoms with Crippen molar-refractivity contribution in [3.05, 3.63) is 48.7 Å². The summed E-state index contributed by atoms with van der Waals surface area (Å²) in [7, 11) is 1.97. The molecule has 2 N–H and O–H groups in total. The first-order valence-electron chi connectivity index (χ1n) is 13.8. The number of amides is 3. The molecule has 210 valence electrons. The molecule has 10 heteroatoms. The van der Waals surface area contributed by atoms with Crippen molar-refractivity contribution < 1.29 is 19.1 Å². The third-order valence-electron chi connectivity index (χ3n) is 7.30. The summed E-state index contributed by atoms with van der Waals surface area (Å²) in [6.07, 6.45) is 4.48. The Morgan fingerprint density at radius 2 is 1.55 bits per heavy atom. The predicted molar refractivity (Wildman–Crippen MR) is 154 cm³/mol. The number of fused-ring (bicyclic) bond motifs is 1. The summed E-state index contributed by atoms with van der Waals surface area (Å²) in [5.74, 6) is 0.662. The van der Waals surface area contributed by atoms with Crippen LogP contribution in [0.3, 0.4) is 0 Å². The van der Waals surface area contributed by atoms with E-state index in [-0.39, 0.29) is 17.9 Å². The van der Waals surface area contributed by atoms with Gasteiger partial charge in [-0.2, -0.15) is 0 Å². The molecule has 2 saturated heterocycles. The zero-order chi connectivity index (χ0) is 28.4. The topological polar surface area (TPSA) is 117 Å². The van der Waals surface area contributed by atoms with Gasteiger partial charge in [-0.3, -0.25) is 19.4 Å². The van der Waals surface area contributed by atoms with Crippen molar-refractivity contribution in [1.29, 1.82) is 0 Å². The third kappa shape index (κ3) is 6.22. The van der Waals surface area contributed by atoms with Crippen LogP contribution in [0.25, 0.3) is 22.0 Å². The Morgan fingerprint density at radius 3 is 2.25 bits per heavy atom. The van der Waals surface area contributed by atoms with E-state index in [0.29, 0.717) is 24.6 Å². The second-order valence-corrected chi connectivity index (χ2v) is 11.5. The fraction of sp³-hybridized carbons (Fsp3) is 0.433. The van der Waals surface area contributed by atoms with Gasteiger partial charge in [0.25, 0.3) is 0 Å². The molecule has 2 unspecified atom stereocenters. The summed E-state index contributed by atoms with van der Waals surface area (Å²) in [5, 5.41) is 6.70. The number of likely N-dealkylation sites (N-methyl/N-ethyl adjacent to an activating group) is 1. The van der Waals surface area contributed by atoms with Crippen LogP contribution in [0.4, 0.5) is 16.4 Å². The molecule has 40 heavy (non-hydrogen) atoms. The van der Waals surface area contributed by atoms with Crippen LogP contribution >= 0.6 is 0 Å². The number of nitrogens with one attached hydrogen (secondary N) is 2. The molecule has 0 aliphatic carbocycles. The van der Waals surface area contributed by atoms with E-state index in [1.54, 1.807) is 12.3 Å². The number of anilines is 2. The van der Waals surface area contributed by atoms with Crippen LogP contribution in [0, 0.1) is 0 Å². The van der Waals surface area contributed by atoms with Gasteiger partial charge in [0.15, 0.2) is 0 Å². The Kier molecular flexibility index (Phi) is 7.71. The first-order chi connectivity index (χ1) is 19.1. The zero-order valence-corrected chi connectivity index (χ0v) is 23.4. The molecule has 3 amide bonds. The van der Waals surface area contributed by atoms with Crippen LogP contribution < -0.4 is 10.6 Å². The van der Waals surface area contributed by atoms with Crippen molar-refractivity contribution in [2.24, 2.45) is 0 Å². The summed E-state index contributed by atoms with van der Waals surface area (Å²) < 4.78 is 5.47. The lowest BCUT2D eigenvalue weighted by Gasteiger charge is -2.27. The van der Waals surface area contributed by atoms with Crippen LogP contribution in [-0.4, -0.2) is 75.5 Å². The van der Waals surface area contributed by atoms with Crippen LogP contribution in [0.15, 0.2) is 48.7 Å². The molecule has 1 aromatic carbocycles. The quantitative estimate of drug-likeness (QED) is 0.480. The van der Waals surface area contributed by atoms with Crippen molar-refractivity contribution in [2.75, 3.05) is 30.8 Å². The third-order valence-corrected chi connectivity index (χ3v) is 7.30. The Bertz CT molecular complexity index is 1420. The Labute approximate surface area is 234 Å². The average molecular weight is 545 g/mol. The van der Waals surface area contributed by atoms with Gasteiger partial charge >= 0.3 is 6.09 Å². The number of nitrogens with zero attached hydrogens (tertiary/aromatic N) is 4. The fourth-order valence-corrected chi connectivity index (χ4v) is 5.25. The lowest BCUT2D eigenvalue weighted by Crippen LogP contribution is -2.45. The first-order valence-corrected chi connectivity index (χ1v) is 13.8. The molecular formula is C30H36N6O4. The zero-order valence-electron chi connectivity index (χ0n) is 23.4. The summed E-state index contributed by atoms with van der Waals surface area (Å²) in [4.78, 5) is 50.7. The normalized spacial score (nSPS) is 19.6. The highest BCUT2D eigenvalue weighted by molar-refractivity contribution is 5.97. The minimum absolute atomic E-state index is 0.0228. The van der Waals surface area contributed by atoms with E-state index in [1.807, 2.05) is 64.2 Å². The highest BCUT2D eigenvalue weighted by Gasteiger charge is 2.36. The number of hydrogen-bond acceptors (Lipinski definition) is 7. The molecular weight excluding hydrogens is 508 g/mol. The Balaban J connectivity index is 1.24. The molecule has 4 heterocycles. The van der Waals surface area contributed by atoms with Gasteiger partial charge in [-0.05, 0) is 102 Å². The van der Waals surface area contributed by atoms with Crippen LogP contribution in [0.2, 0.25) is 0 Å². The second-order valence-electron chi connectivity index (χ2n) is 11.5. The van der Waals surface area contributed by atoms with Gasteiger partial charge < -0.3 is 15.4 Å². The SMILES string of the molecule is CN1CCCC1C(=O)Nc1ccc(-c2ccc3nc(NC(=O)C4CCCN4C(=O)OC(C)(C)C)ccc3c2)cn1. The van der Waals surface area contributed by atoms with E-state index in [2.05, 4.69) is 25.5 Å². The maximum atomic E-state index is 13.0. The monoisotopic (exact) mass is 544 g/mol. The van der Waals surface area contributed by atoms with E-state index in [4.69, 9.17) is 4.74 Å². The number of aromatic nitrogens is 2. The summed E-state index contributed by atoms with van der Waals surface area (Å²) in [6.45, 7) is 6.84. The minimum Gasteiger partial charge on any atom is -0.444 e. The molecule has 2 aliphatic rings. The molecule has 2 atom stereocenters. The number of likely N-dealkylation sites (tertiary alicyclic amines) is 2. The van der Waals surface area contributed by atoms with Crippen molar-refractivity contribution in [1.82, 2.24) is 19.8 Å². The number of carbonyl (C=O) groups excluding carboxylic acids is 3. The largest absolute Gasteiger partial charge is 0.444 e. The van der Waals surface area contributed by atoms with E-state index in [0.717, 1.165) is 47.8 Å². The van der Waals surface area contributed by atoms with Gasteiger partial charge in [0.05, 0.1) is 11.6 Å². The summed E-state index contributed by atoms with van der Waals surface area (Å²) in [6, 6.07) is 12.6. The molecule has 2 fully saturated rings. The number of ether oxygens (including phenoxy) is 1. The molecule has 2 aliphatic heterocycles. The van der Waals surface area contributed by atoms with Crippen molar-refractivity contribution in [3.8, 4) is 11.1 Å². The molecule has 0 radical (unpaired) electrons. The number of carbonyl (C=O) groups is 3. The van der Waals surface area contributed by atoms with Crippen molar-refractivity contribution in [2.45, 2.75) is 64.1 Å². The number of benzene rings is 1. The molecule has 2 aromatic heterocycles. The highest BCUT2D eigenvalue weighted by atomic mass is 16.6. The lowest BCUT2D eigenvalue weighted by atomic mass is 10.0. The molecule has 0 spiro atoms. The second kappa shape index (κ2) is 11.2. The molecule has 0 bridgehead atoms. The summed E-state index contributed by atoms with van der Waals surface area (Å²) >= 11 is 0. The molecule has 0 saturated carbocycles. The van der Waals surface area contributed by atoms with E-state index < -0.39 is 17.7 Å². The number of hydrogen-bond donors (Lipinski definition) is 2. The van der Waals surface area contributed by atoms with Gasteiger partial charge in [-0.15, -0.1) is 0 Å². The standard InChI is InChI=1S/C30H36N6O4/c1-30(2,3)40-29(39)36-16-6-8-24(36)28(38)34-26-14-10-20-17-19(9-12-22(20)32-26)21-11-13-25(31-18-21)33-27(37)23-7-5-15-35(23)4/h9-14,17-18,23-24H,5-8,15-16H2,1-4H3,(H,31,33,37)(H,32,34,38). The number of rotatable bonds is 5. The summed E-state index contributed by atoms with van der Waals surface area (Å²) in [5.41, 5.74) is 1.99. The lowest BCUT2D eigenvalue weighted by molar-refractivity contribution is -0.120. The van der Waals surface area contributed by atoms with Crippen molar-refractivity contribution in [3.63, 3.8) is 0 Å². The maximum Gasteiger partial charge on any atom is 0.410 e. The van der Waals surface area contributed by atoms with Gasteiger partial charge in [-0.25, -0.2) is 14.8 Å². The highest BCUT2D eigenvalue weighted by Crippen LogP contribution is 2.26. The molecule has 3 aromatic rings. The van der Waals surface area contributed by atoms with Gasteiger partial charge in [-0.1, -0.05) is 6.07 Å². The van der Waals surface area contributed by atoms with E-state index in [9.17, 15) is 14.4 Å². The predicted octanol–water partition coefficient (Wildman–Crippen LogP) is 4.67. The van der Waals surface area contributed by atoms with Crippen LogP contribution in [-0.2, 0) is 14.3 Å². The van der Waals surface area contributed by atoms with E-state index in [1.165, 1.54) is 4.90 Å². The first kappa shape index (κ1) is 27.5.